The van der Waals surface area contributed by atoms with E-state index < -0.39 is 0 Å². The second-order valence-electron chi connectivity index (χ2n) is 3.62. The number of hydrogen-bond acceptors (Lipinski definition) is 1. The number of hydrogen-bond donors (Lipinski definition) is 2. The van der Waals surface area contributed by atoms with Crippen molar-refractivity contribution in [1.29, 1.82) is 0 Å². The van der Waals surface area contributed by atoms with Crippen LogP contribution in [-0.4, -0.2) is 15.7 Å². The number of rotatable bonds is 2. The molecule has 2 N–H and O–H groups in total. The Labute approximate surface area is 114 Å². The van der Waals surface area contributed by atoms with E-state index in [1.165, 1.54) is 6.20 Å². The smallest absolute Gasteiger partial charge is 0.237 e. The van der Waals surface area contributed by atoms with Crippen LogP contribution in [0.2, 0.25) is 0 Å². The topological polar surface area (TPSA) is 44.9 Å². The summed E-state index contributed by atoms with van der Waals surface area (Å²) in [5.41, 5.74) is 1.13. The third-order valence-corrected chi connectivity index (χ3v) is 3.20. The molecule has 0 aliphatic carbocycles. The van der Waals surface area contributed by atoms with Crippen molar-refractivity contribution in [3.05, 3.63) is 28.6 Å². The number of carbonyl (C=O) groups excluding carboxylic acids is 1. The van der Waals surface area contributed by atoms with Gasteiger partial charge in [0.05, 0.1) is 16.0 Å². The number of fused-ring (bicyclic) bond motifs is 1. The molecular weight excluding hydrogens is 355 g/mol. The first-order valence-corrected chi connectivity index (χ1v) is 6.61. The Morgan fingerprint density at radius 3 is 2.88 bits per heavy atom. The zero-order chi connectivity index (χ0) is 12.6. The molecule has 0 aliphatic rings. The standard InChI is InChI=1S/C11H9Br2FN2O/c1-5(12)11(17)16-9-3-6(13)2-7-8(14)4-15-10(7)9/h2-5,15H,1H3,(H,16,17). The molecule has 0 fully saturated rings. The summed E-state index contributed by atoms with van der Waals surface area (Å²) in [5, 5.41) is 3.17. The van der Waals surface area contributed by atoms with Gasteiger partial charge < -0.3 is 10.3 Å². The van der Waals surface area contributed by atoms with Gasteiger partial charge in [-0.3, -0.25) is 4.79 Å². The van der Waals surface area contributed by atoms with Gasteiger partial charge in [0.25, 0.3) is 0 Å². The molecule has 0 spiro atoms. The minimum absolute atomic E-state index is 0.181. The van der Waals surface area contributed by atoms with Crippen LogP contribution in [0.3, 0.4) is 0 Å². The lowest BCUT2D eigenvalue weighted by Crippen LogP contribution is -2.20. The Hall–Kier alpha value is -0.880. The highest BCUT2D eigenvalue weighted by Gasteiger charge is 2.14. The predicted octanol–water partition coefficient (Wildman–Crippen LogP) is 3.79. The molecule has 0 saturated carbocycles. The van der Waals surface area contributed by atoms with E-state index in [-0.39, 0.29) is 16.6 Å². The van der Waals surface area contributed by atoms with Crippen molar-refractivity contribution in [1.82, 2.24) is 4.98 Å². The van der Waals surface area contributed by atoms with Crippen LogP contribution in [-0.2, 0) is 4.79 Å². The Morgan fingerprint density at radius 2 is 2.24 bits per heavy atom. The molecule has 0 bridgehead atoms. The summed E-state index contributed by atoms with van der Waals surface area (Å²) in [5.74, 6) is -0.525. The lowest BCUT2D eigenvalue weighted by atomic mass is 10.2. The lowest BCUT2D eigenvalue weighted by Gasteiger charge is -2.08. The molecule has 0 aliphatic heterocycles. The molecule has 0 radical (unpaired) electrons. The van der Waals surface area contributed by atoms with Crippen molar-refractivity contribution in [2.75, 3.05) is 5.32 Å². The summed E-state index contributed by atoms with van der Waals surface area (Å²) in [4.78, 5) is 14.1. The zero-order valence-corrected chi connectivity index (χ0v) is 12.0. The fourth-order valence-corrected chi connectivity index (χ4v) is 2.07. The molecule has 1 amide bonds. The van der Waals surface area contributed by atoms with Crippen molar-refractivity contribution < 1.29 is 9.18 Å². The SMILES string of the molecule is CC(Br)C(=O)Nc1cc(Br)cc2c(F)c[nH]c12. The number of H-pyrrole nitrogens is 1. The van der Waals surface area contributed by atoms with Gasteiger partial charge in [0.2, 0.25) is 5.91 Å². The second kappa shape index (κ2) is 4.78. The maximum absolute atomic E-state index is 13.4. The van der Waals surface area contributed by atoms with E-state index in [1.807, 2.05) is 0 Å². The first kappa shape index (κ1) is 12.6. The van der Waals surface area contributed by atoms with Crippen LogP contribution in [0, 0.1) is 5.82 Å². The van der Waals surface area contributed by atoms with Crippen LogP contribution >= 0.6 is 31.9 Å². The molecule has 1 unspecified atom stereocenters. The Kier molecular flexibility index (Phi) is 3.53. The van der Waals surface area contributed by atoms with Crippen molar-refractivity contribution in [2.45, 2.75) is 11.8 Å². The van der Waals surface area contributed by atoms with Crippen LogP contribution in [0.15, 0.2) is 22.8 Å². The average molecular weight is 364 g/mol. The summed E-state index contributed by atoms with van der Waals surface area (Å²) in [6, 6.07) is 3.39. The highest BCUT2D eigenvalue weighted by molar-refractivity contribution is 9.10. The van der Waals surface area contributed by atoms with Crippen molar-refractivity contribution >= 4 is 54.4 Å². The monoisotopic (exact) mass is 362 g/mol. The number of aromatic amines is 1. The molecule has 1 heterocycles. The summed E-state index contributed by atoms with van der Waals surface area (Å²) in [6.07, 6.45) is 1.27. The molecule has 17 heavy (non-hydrogen) atoms. The van der Waals surface area contributed by atoms with E-state index in [0.29, 0.717) is 21.1 Å². The lowest BCUT2D eigenvalue weighted by molar-refractivity contribution is -0.115. The Morgan fingerprint density at radius 1 is 1.53 bits per heavy atom. The van der Waals surface area contributed by atoms with E-state index in [1.54, 1.807) is 19.1 Å². The number of halogens is 3. The van der Waals surface area contributed by atoms with Crippen molar-refractivity contribution in [3.8, 4) is 0 Å². The van der Waals surface area contributed by atoms with E-state index in [4.69, 9.17) is 0 Å². The summed E-state index contributed by atoms with van der Waals surface area (Å²) in [6.45, 7) is 1.72. The number of amides is 1. The van der Waals surface area contributed by atoms with E-state index in [9.17, 15) is 9.18 Å². The molecule has 1 aromatic carbocycles. The van der Waals surface area contributed by atoms with Gasteiger partial charge in [-0.05, 0) is 19.1 Å². The second-order valence-corrected chi connectivity index (χ2v) is 5.91. The van der Waals surface area contributed by atoms with Gasteiger partial charge in [-0.15, -0.1) is 0 Å². The minimum Gasteiger partial charge on any atom is -0.357 e. The van der Waals surface area contributed by atoms with Gasteiger partial charge in [0.15, 0.2) is 0 Å². The predicted molar refractivity (Wildman–Crippen MR) is 73.0 cm³/mol. The molecule has 2 aromatic rings. The quantitative estimate of drug-likeness (QED) is 0.783. The Balaban J connectivity index is 2.49. The zero-order valence-electron chi connectivity index (χ0n) is 8.85. The first-order valence-electron chi connectivity index (χ1n) is 4.90. The van der Waals surface area contributed by atoms with Crippen LogP contribution in [0.4, 0.5) is 10.1 Å². The number of anilines is 1. The van der Waals surface area contributed by atoms with Crippen molar-refractivity contribution in [2.24, 2.45) is 0 Å². The van der Waals surface area contributed by atoms with E-state index >= 15 is 0 Å². The van der Waals surface area contributed by atoms with Gasteiger partial charge in [-0.2, -0.15) is 0 Å². The van der Waals surface area contributed by atoms with E-state index in [2.05, 4.69) is 42.2 Å². The molecule has 1 atom stereocenters. The van der Waals surface area contributed by atoms with Crippen molar-refractivity contribution in [3.63, 3.8) is 0 Å². The maximum Gasteiger partial charge on any atom is 0.237 e. The molecular formula is C11H9Br2FN2O. The highest BCUT2D eigenvalue weighted by Crippen LogP contribution is 2.29. The molecule has 1 aromatic heterocycles. The number of aromatic nitrogens is 1. The summed E-state index contributed by atoms with van der Waals surface area (Å²) >= 11 is 6.46. The Bertz CT molecular complexity index is 580. The minimum atomic E-state index is -0.344. The molecule has 90 valence electrons. The molecule has 6 heteroatoms. The third-order valence-electron chi connectivity index (χ3n) is 2.32. The summed E-state index contributed by atoms with van der Waals surface area (Å²) < 4.78 is 14.1. The normalized spacial score (nSPS) is 12.7. The summed E-state index contributed by atoms with van der Waals surface area (Å²) in [7, 11) is 0. The average Bonchev–Trinajstić information content (AvgIpc) is 2.60. The van der Waals surface area contributed by atoms with Gasteiger partial charge in [0.1, 0.15) is 5.82 Å². The van der Waals surface area contributed by atoms with E-state index in [0.717, 1.165) is 0 Å². The number of carbonyl (C=O) groups is 1. The van der Waals surface area contributed by atoms with Gasteiger partial charge in [-0.25, -0.2) is 4.39 Å². The maximum atomic E-state index is 13.4. The van der Waals surface area contributed by atoms with Crippen LogP contribution < -0.4 is 5.32 Å². The number of benzene rings is 1. The molecule has 0 saturated heterocycles. The largest absolute Gasteiger partial charge is 0.357 e. The fourth-order valence-electron chi connectivity index (χ4n) is 1.49. The third kappa shape index (κ3) is 2.52. The molecule has 2 rings (SSSR count). The number of alkyl halides is 1. The van der Waals surface area contributed by atoms with Gasteiger partial charge >= 0.3 is 0 Å². The number of nitrogens with one attached hydrogen (secondary N) is 2. The fraction of sp³-hybridized carbons (Fsp3) is 0.182. The van der Waals surface area contributed by atoms with Gasteiger partial charge in [-0.1, -0.05) is 31.9 Å². The first-order chi connectivity index (χ1) is 7.99. The molecule has 3 nitrogen and oxygen atoms in total. The van der Waals surface area contributed by atoms with Crippen LogP contribution in [0.5, 0.6) is 0 Å². The van der Waals surface area contributed by atoms with Crippen LogP contribution in [0.1, 0.15) is 6.92 Å². The highest BCUT2D eigenvalue weighted by atomic mass is 79.9. The van der Waals surface area contributed by atoms with Gasteiger partial charge in [0, 0.05) is 16.1 Å². The van der Waals surface area contributed by atoms with Crippen LogP contribution in [0.25, 0.3) is 10.9 Å².